The second-order valence-electron chi connectivity index (χ2n) is 6.69. The highest BCUT2D eigenvalue weighted by Gasteiger charge is 2.32. The Morgan fingerprint density at radius 3 is 2.66 bits per heavy atom. The van der Waals surface area contributed by atoms with Crippen molar-refractivity contribution in [1.82, 2.24) is 9.62 Å². The first-order chi connectivity index (χ1) is 13.9. The van der Waals surface area contributed by atoms with Gasteiger partial charge in [-0.25, -0.2) is 8.42 Å². The smallest absolute Gasteiger partial charge is 0.252 e. The van der Waals surface area contributed by atoms with Crippen molar-refractivity contribution in [2.75, 3.05) is 25.4 Å². The molecular weight excluding hydrogens is 471 g/mol. The average Bonchev–Trinajstić information content (AvgIpc) is 3.25. The first kappa shape index (κ1) is 22.9. The van der Waals surface area contributed by atoms with E-state index in [0.29, 0.717) is 46.7 Å². The van der Waals surface area contributed by atoms with Gasteiger partial charge in [-0.05, 0) is 42.0 Å². The summed E-state index contributed by atoms with van der Waals surface area (Å²) in [6.45, 7) is 1.33. The molecule has 29 heavy (non-hydrogen) atoms. The van der Waals surface area contributed by atoms with E-state index in [1.54, 1.807) is 35.3 Å². The largest absolute Gasteiger partial charge is 0.355 e. The molecule has 0 radical (unpaired) electrons. The summed E-state index contributed by atoms with van der Waals surface area (Å²) in [5.74, 6) is 1.39. The Hall–Kier alpha value is -0.770. The van der Waals surface area contributed by atoms with Crippen LogP contribution in [0.3, 0.4) is 0 Å². The molecule has 5 nitrogen and oxygen atoms in total. The predicted octanol–water partition coefficient (Wildman–Crippen LogP) is 4.51. The van der Waals surface area contributed by atoms with Gasteiger partial charge in [0.15, 0.2) is 0 Å². The van der Waals surface area contributed by atoms with Crippen molar-refractivity contribution in [3.63, 3.8) is 0 Å². The summed E-state index contributed by atoms with van der Waals surface area (Å²) in [5.41, 5.74) is 1.02. The molecule has 1 fully saturated rings. The zero-order chi connectivity index (χ0) is 20.9. The Balaban J connectivity index is 1.37. The molecule has 0 spiro atoms. The van der Waals surface area contributed by atoms with E-state index in [-0.39, 0.29) is 11.8 Å². The fourth-order valence-electron chi connectivity index (χ4n) is 3.11. The van der Waals surface area contributed by atoms with E-state index in [0.717, 1.165) is 17.1 Å². The topological polar surface area (TPSA) is 66.5 Å². The highest BCUT2D eigenvalue weighted by Crippen LogP contribution is 2.27. The van der Waals surface area contributed by atoms with Gasteiger partial charge in [0.1, 0.15) is 4.21 Å². The normalized spacial score (nSPS) is 16.1. The lowest BCUT2D eigenvalue weighted by atomic mass is 9.97. The van der Waals surface area contributed by atoms with Crippen LogP contribution in [0.4, 0.5) is 0 Å². The lowest BCUT2D eigenvalue weighted by Gasteiger charge is -2.30. The van der Waals surface area contributed by atoms with Crippen LogP contribution in [0.15, 0.2) is 39.9 Å². The Morgan fingerprint density at radius 1 is 1.24 bits per heavy atom. The molecular formula is C19H22Cl2N2O3S3. The molecule has 1 N–H and O–H groups in total. The predicted molar refractivity (Wildman–Crippen MR) is 121 cm³/mol. The molecule has 1 amide bonds. The van der Waals surface area contributed by atoms with E-state index in [4.69, 9.17) is 23.2 Å². The Labute approximate surface area is 189 Å². The molecule has 2 aromatic rings. The zero-order valence-electron chi connectivity index (χ0n) is 15.6. The lowest BCUT2D eigenvalue weighted by molar-refractivity contribution is -0.125. The number of nitrogens with one attached hydrogen (secondary N) is 1. The zero-order valence-corrected chi connectivity index (χ0v) is 19.6. The third-order valence-corrected chi connectivity index (χ3v) is 9.60. The van der Waals surface area contributed by atoms with E-state index >= 15 is 0 Å². The highest BCUT2D eigenvalue weighted by molar-refractivity contribution is 7.98. The van der Waals surface area contributed by atoms with Crippen molar-refractivity contribution < 1.29 is 13.2 Å². The van der Waals surface area contributed by atoms with Crippen molar-refractivity contribution in [3.05, 3.63) is 51.3 Å². The first-order valence-electron chi connectivity index (χ1n) is 9.21. The molecule has 1 saturated heterocycles. The van der Waals surface area contributed by atoms with E-state index < -0.39 is 10.0 Å². The van der Waals surface area contributed by atoms with Crippen LogP contribution in [-0.4, -0.2) is 44.0 Å². The number of nitrogens with zero attached hydrogens (tertiary/aromatic N) is 1. The molecule has 158 valence electrons. The van der Waals surface area contributed by atoms with E-state index in [1.165, 1.54) is 15.6 Å². The number of piperidine rings is 1. The molecule has 0 atom stereocenters. The van der Waals surface area contributed by atoms with Gasteiger partial charge in [0.25, 0.3) is 10.0 Å². The summed E-state index contributed by atoms with van der Waals surface area (Å²) >= 11 is 15.0. The molecule has 3 rings (SSSR count). The molecule has 0 unspecified atom stereocenters. The minimum Gasteiger partial charge on any atom is -0.355 e. The SMILES string of the molecule is O=C(NCCSCc1ccc(Cl)cc1Cl)C1CCN(S(=O)(=O)c2cccs2)CC1. The number of carbonyl (C=O) groups is 1. The summed E-state index contributed by atoms with van der Waals surface area (Å²) in [7, 11) is -3.43. The maximum Gasteiger partial charge on any atom is 0.252 e. The minimum absolute atomic E-state index is 0.00305. The minimum atomic E-state index is -3.43. The summed E-state index contributed by atoms with van der Waals surface area (Å²) < 4.78 is 26.9. The monoisotopic (exact) mass is 492 g/mol. The molecule has 0 bridgehead atoms. The number of carbonyl (C=O) groups excluding carboxylic acids is 1. The van der Waals surface area contributed by atoms with Crippen LogP contribution in [0.2, 0.25) is 10.0 Å². The van der Waals surface area contributed by atoms with Gasteiger partial charge < -0.3 is 5.32 Å². The molecule has 0 saturated carbocycles. The second kappa shape index (κ2) is 10.5. The highest BCUT2D eigenvalue weighted by atomic mass is 35.5. The molecule has 1 aliphatic heterocycles. The molecule has 1 aromatic carbocycles. The van der Waals surface area contributed by atoms with Crippen molar-refractivity contribution in [2.24, 2.45) is 5.92 Å². The van der Waals surface area contributed by atoms with Gasteiger partial charge in [-0.1, -0.05) is 35.3 Å². The number of thioether (sulfide) groups is 1. The summed E-state index contributed by atoms with van der Waals surface area (Å²) in [6.07, 6.45) is 1.09. The van der Waals surface area contributed by atoms with Crippen molar-refractivity contribution in [2.45, 2.75) is 22.8 Å². The van der Waals surface area contributed by atoms with Crippen molar-refractivity contribution in [1.29, 1.82) is 0 Å². The number of halogens is 2. The third-order valence-electron chi connectivity index (χ3n) is 4.73. The van der Waals surface area contributed by atoms with E-state index in [2.05, 4.69) is 5.32 Å². The Morgan fingerprint density at radius 2 is 2.00 bits per heavy atom. The van der Waals surface area contributed by atoms with Gasteiger partial charge in [0, 0.05) is 47.1 Å². The third kappa shape index (κ3) is 6.12. The van der Waals surface area contributed by atoms with Crippen LogP contribution in [0.25, 0.3) is 0 Å². The first-order valence-corrected chi connectivity index (χ1v) is 13.4. The molecule has 2 heterocycles. The Bertz CT molecular complexity index is 928. The van der Waals surface area contributed by atoms with Gasteiger partial charge in [0.2, 0.25) is 5.91 Å². The second-order valence-corrected chi connectivity index (χ2v) is 11.8. The molecule has 1 aromatic heterocycles. The summed E-state index contributed by atoms with van der Waals surface area (Å²) in [6, 6.07) is 8.81. The fourth-order valence-corrected chi connectivity index (χ4v) is 7.14. The van der Waals surface area contributed by atoms with Crippen LogP contribution in [0.1, 0.15) is 18.4 Å². The van der Waals surface area contributed by atoms with Gasteiger partial charge in [-0.2, -0.15) is 16.1 Å². The molecule has 1 aliphatic rings. The van der Waals surface area contributed by atoms with Crippen LogP contribution in [0, 0.1) is 5.92 Å². The molecule has 0 aliphatic carbocycles. The summed E-state index contributed by atoms with van der Waals surface area (Å²) in [4.78, 5) is 12.4. The van der Waals surface area contributed by atoms with Crippen LogP contribution in [0.5, 0.6) is 0 Å². The number of benzene rings is 1. The molecule has 10 heteroatoms. The quantitative estimate of drug-likeness (QED) is 0.550. The Kier molecular flexibility index (Phi) is 8.30. The average molecular weight is 494 g/mol. The van der Waals surface area contributed by atoms with Crippen LogP contribution in [-0.2, 0) is 20.6 Å². The number of hydrogen-bond donors (Lipinski definition) is 1. The maximum atomic E-state index is 12.5. The number of amides is 1. The van der Waals surface area contributed by atoms with Crippen molar-refractivity contribution >= 4 is 62.2 Å². The maximum absolute atomic E-state index is 12.5. The summed E-state index contributed by atoms with van der Waals surface area (Å²) in [5, 5.41) is 5.99. The van der Waals surface area contributed by atoms with Crippen LogP contribution < -0.4 is 5.32 Å². The lowest BCUT2D eigenvalue weighted by Crippen LogP contribution is -2.43. The van der Waals surface area contributed by atoms with Gasteiger partial charge >= 0.3 is 0 Å². The standard InChI is InChI=1S/C19H22Cl2N2O3S3/c20-16-4-3-15(17(21)12-16)13-27-11-7-22-19(24)14-5-8-23(9-6-14)29(25,26)18-2-1-10-28-18/h1-4,10,12,14H,5-9,11,13H2,(H,22,24). The van der Waals surface area contributed by atoms with Crippen molar-refractivity contribution in [3.8, 4) is 0 Å². The van der Waals surface area contributed by atoms with Gasteiger partial charge in [-0.15, -0.1) is 11.3 Å². The number of thiophene rings is 1. The number of hydrogen-bond acceptors (Lipinski definition) is 5. The van der Waals surface area contributed by atoms with Crippen LogP contribution >= 0.6 is 46.3 Å². The van der Waals surface area contributed by atoms with E-state index in [9.17, 15) is 13.2 Å². The van der Waals surface area contributed by atoms with Gasteiger partial charge in [-0.3, -0.25) is 4.79 Å². The van der Waals surface area contributed by atoms with E-state index in [1.807, 2.05) is 12.1 Å². The number of rotatable bonds is 8. The fraction of sp³-hybridized carbons (Fsp3) is 0.421. The number of sulfonamides is 1. The van der Waals surface area contributed by atoms with Gasteiger partial charge in [0.05, 0.1) is 0 Å².